The van der Waals surface area contributed by atoms with Crippen molar-refractivity contribution in [3.05, 3.63) is 95.1 Å². The van der Waals surface area contributed by atoms with Crippen molar-refractivity contribution in [1.82, 2.24) is 0 Å². The van der Waals surface area contributed by atoms with Gasteiger partial charge in [0.25, 0.3) is 11.8 Å². The van der Waals surface area contributed by atoms with Crippen LogP contribution in [0.3, 0.4) is 0 Å². The molecule has 4 aliphatic heterocycles. The number of aliphatic hydroxyl groups is 1. The highest BCUT2D eigenvalue weighted by Crippen LogP contribution is 2.43. The van der Waals surface area contributed by atoms with Crippen molar-refractivity contribution in [2.24, 2.45) is 0 Å². The van der Waals surface area contributed by atoms with Crippen LogP contribution in [0, 0.1) is 0 Å². The number of carbonyl (C=O) groups excluding carboxylic acids is 2. The minimum atomic E-state index is -1.03. The quantitative estimate of drug-likeness (QED) is 0.224. The van der Waals surface area contributed by atoms with Crippen LogP contribution in [0.2, 0.25) is 0 Å². The summed E-state index contributed by atoms with van der Waals surface area (Å²) in [5.74, 6) is 0.570. The van der Waals surface area contributed by atoms with E-state index in [2.05, 4.69) is 16.7 Å². The number of benzene rings is 4. The Morgan fingerprint density at radius 3 is 1.93 bits per heavy atom. The number of aliphatic hydroxyl groups excluding tert-OH is 1. The third-order valence-electron chi connectivity index (χ3n) is 9.01. The molecule has 4 aromatic carbocycles. The third kappa shape index (κ3) is 4.22. The molecule has 3 N–H and O–H groups in total. The normalized spacial score (nSPS) is 20.6. The van der Waals surface area contributed by atoms with Gasteiger partial charge in [-0.15, -0.1) is 0 Å². The van der Waals surface area contributed by atoms with Crippen molar-refractivity contribution in [2.45, 2.75) is 31.2 Å². The van der Waals surface area contributed by atoms with Crippen molar-refractivity contribution < 1.29 is 33.9 Å². The number of amides is 2. The Bertz CT molecular complexity index is 1880. The Morgan fingerprint density at radius 2 is 1.27 bits per heavy atom. The number of nitrogens with one attached hydrogen (secondary N) is 2. The lowest BCUT2D eigenvalue weighted by molar-refractivity contribution is -0.103. The standard InChI is InChI=1S/C34H30N4O7/c1-42-28-13-21-23(35-17-20-11-18-7-3-5-9-25(18)37(20)33(21)40)15-30(28)44-45-31-16-24-22(14-29(31)43-2)34(41)38-26-10-6-4-8-19(26)12-27(38)32(39)36-24/h3-10,13-16,20,27,32,35-36,39H,11-12,17H2,1-2H3/t20-,27-,32?/m0/s1. The summed E-state index contributed by atoms with van der Waals surface area (Å²) in [6.45, 7) is 0.559. The maximum atomic E-state index is 13.8. The van der Waals surface area contributed by atoms with Gasteiger partial charge in [0.2, 0.25) is 11.5 Å². The van der Waals surface area contributed by atoms with E-state index in [4.69, 9.17) is 19.2 Å². The molecule has 11 nitrogen and oxygen atoms in total. The molecule has 0 aromatic heterocycles. The fourth-order valence-corrected chi connectivity index (χ4v) is 6.85. The number of ether oxygens (including phenoxy) is 2. The molecule has 0 aliphatic carbocycles. The first-order chi connectivity index (χ1) is 21.9. The number of hydrogen-bond donors (Lipinski definition) is 3. The lowest BCUT2D eigenvalue weighted by Crippen LogP contribution is -2.45. The first-order valence-corrected chi connectivity index (χ1v) is 14.7. The van der Waals surface area contributed by atoms with Crippen molar-refractivity contribution in [2.75, 3.05) is 41.2 Å². The second-order valence-electron chi connectivity index (χ2n) is 11.5. The van der Waals surface area contributed by atoms with Crippen LogP contribution in [0.5, 0.6) is 23.0 Å². The van der Waals surface area contributed by atoms with E-state index in [1.54, 1.807) is 29.2 Å². The molecule has 3 atom stereocenters. The van der Waals surface area contributed by atoms with E-state index < -0.39 is 12.3 Å². The number of fused-ring (bicyclic) bond motifs is 8. The van der Waals surface area contributed by atoms with Gasteiger partial charge >= 0.3 is 0 Å². The lowest BCUT2D eigenvalue weighted by atomic mass is 10.1. The van der Waals surface area contributed by atoms with Crippen molar-refractivity contribution in [3.8, 4) is 23.0 Å². The number of anilines is 4. The number of rotatable bonds is 5. The molecule has 0 saturated carbocycles. The summed E-state index contributed by atoms with van der Waals surface area (Å²) < 4.78 is 11.2. The third-order valence-corrected chi connectivity index (χ3v) is 9.01. The molecule has 8 rings (SSSR count). The highest BCUT2D eigenvalue weighted by molar-refractivity contribution is 6.13. The molecule has 4 aliphatic rings. The van der Waals surface area contributed by atoms with Crippen LogP contribution in [-0.2, 0) is 12.8 Å². The van der Waals surface area contributed by atoms with Crippen LogP contribution in [0.25, 0.3) is 0 Å². The van der Waals surface area contributed by atoms with Gasteiger partial charge in [0.15, 0.2) is 11.5 Å². The zero-order valence-corrected chi connectivity index (χ0v) is 24.6. The van der Waals surface area contributed by atoms with Crippen LogP contribution >= 0.6 is 0 Å². The molecular weight excluding hydrogens is 576 g/mol. The van der Waals surface area contributed by atoms with Crippen molar-refractivity contribution >= 4 is 34.6 Å². The maximum Gasteiger partial charge on any atom is 0.260 e. The molecule has 1 unspecified atom stereocenters. The van der Waals surface area contributed by atoms with E-state index >= 15 is 0 Å². The minimum absolute atomic E-state index is 0.0207. The zero-order valence-electron chi connectivity index (χ0n) is 24.6. The topological polar surface area (TPSA) is 122 Å². The molecule has 0 bridgehead atoms. The monoisotopic (exact) mass is 606 g/mol. The zero-order chi connectivity index (χ0) is 30.8. The summed E-state index contributed by atoms with van der Waals surface area (Å²) >= 11 is 0. The van der Waals surface area contributed by atoms with E-state index in [1.165, 1.54) is 14.2 Å². The highest BCUT2D eigenvalue weighted by atomic mass is 17.2. The molecule has 0 radical (unpaired) electrons. The summed E-state index contributed by atoms with van der Waals surface area (Å²) in [7, 11) is 2.95. The van der Waals surface area contributed by atoms with Crippen LogP contribution in [-0.4, -0.2) is 56.0 Å². The Kier molecular flexibility index (Phi) is 6.24. The van der Waals surface area contributed by atoms with Crippen LogP contribution in [0.4, 0.5) is 22.7 Å². The first-order valence-electron chi connectivity index (χ1n) is 14.7. The second-order valence-corrected chi connectivity index (χ2v) is 11.5. The maximum absolute atomic E-state index is 13.8. The number of nitrogens with zero attached hydrogens (tertiary/aromatic N) is 2. The molecule has 4 aromatic rings. The van der Waals surface area contributed by atoms with E-state index in [-0.39, 0.29) is 35.1 Å². The van der Waals surface area contributed by atoms with Crippen LogP contribution in [0.1, 0.15) is 31.8 Å². The molecule has 0 fully saturated rings. The van der Waals surface area contributed by atoms with Crippen LogP contribution in [0.15, 0.2) is 72.8 Å². The van der Waals surface area contributed by atoms with Gasteiger partial charge in [0, 0.05) is 30.1 Å². The summed E-state index contributed by atoms with van der Waals surface area (Å²) in [5, 5.41) is 17.6. The SMILES string of the molecule is COc1cc2c(cc1OOc1cc3c(cc1OC)C(=O)N1c4ccccc4C[C@H]1C(O)N3)NC[C@@H]1Cc3ccccc3N1C2=O. The van der Waals surface area contributed by atoms with E-state index in [0.29, 0.717) is 41.2 Å². The summed E-state index contributed by atoms with van der Waals surface area (Å²) in [6, 6.07) is 21.5. The average molecular weight is 607 g/mol. The van der Waals surface area contributed by atoms with Gasteiger partial charge < -0.3 is 35.0 Å². The van der Waals surface area contributed by atoms with E-state index in [0.717, 1.165) is 28.9 Å². The van der Waals surface area contributed by atoms with Gasteiger partial charge in [-0.05, 0) is 48.2 Å². The van der Waals surface area contributed by atoms with Gasteiger partial charge in [0.1, 0.15) is 6.23 Å². The van der Waals surface area contributed by atoms with Gasteiger partial charge in [-0.2, -0.15) is 0 Å². The summed E-state index contributed by atoms with van der Waals surface area (Å²) in [4.78, 5) is 42.6. The van der Waals surface area contributed by atoms with Crippen molar-refractivity contribution in [3.63, 3.8) is 0 Å². The molecule has 228 valence electrons. The molecule has 45 heavy (non-hydrogen) atoms. The predicted molar refractivity (Wildman–Crippen MR) is 167 cm³/mol. The van der Waals surface area contributed by atoms with Gasteiger partial charge in [0.05, 0.1) is 48.8 Å². The fraction of sp³-hybridized carbons (Fsp3) is 0.235. The van der Waals surface area contributed by atoms with Crippen LogP contribution < -0.4 is 39.7 Å². The molecule has 11 heteroatoms. The highest BCUT2D eigenvalue weighted by Gasteiger charge is 2.42. The molecular formula is C34H30N4O7. The number of carbonyl (C=O) groups is 2. The van der Waals surface area contributed by atoms with Gasteiger partial charge in [-0.1, -0.05) is 36.4 Å². The summed E-state index contributed by atoms with van der Waals surface area (Å²) in [6.07, 6.45) is 0.258. The largest absolute Gasteiger partial charge is 0.493 e. The Hall–Kier alpha value is -5.42. The van der Waals surface area contributed by atoms with E-state index in [9.17, 15) is 14.7 Å². The molecule has 0 spiro atoms. The van der Waals surface area contributed by atoms with Crippen molar-refractivity contribution in [1.29, 1.82) is 0 Å². The average Bonchev–Trinajstić information content (AvgIpc) is 3.58. The van der Waals surface area contributed by atoms with Gasteiger partial charge in [-0.3, -0.25) is 19.4 Å². The first kappa shape index (κ1) is 27.2. The smallest absolute Gasteiger partial charge is 0.260 e. The molecule has 2 amide bonds. The Morgan fingerprint density at radius 1 is 0.711 bits per heavy atom. The van der Waals surface area contributed by atoms with Gasteiger partial charge in [-0.25, -0.2) is 0 Å². The minimum Gasteiger partial charge on any atom is -0.493 e. The molecule has 4 heterocycles. The summed E-state index contributed by atoms with van der Waals surface area (Å²) in [5.41, 5.74) is 5.58. The number of methoxy groups -OCH3 is 2. The fourth-order valence-electron chi connectivity index (χ4n) is 6.85. The number of hydrogen-bond acceptors (Lipinski definition) is 9. The van der Waals surface area contributed by atoms with E-state index in [1.807, 2.05) is 47.4 Å². The Labute approximate surface area is 258 Å². The number of para-hydroxylation sites is 2. The molecule has 0 saturated heterocycles. The lowest BCUT2D eigenvalue weighted by Gasteiger charge is -2.26. The second kappa shape index (κ2) is 10.3. The Balaban J connectivity index is 1.09. The predicted octanol–water partition coefficient (Wildman–Crippen LogP) is 4.39.